The molecule has 1 aromatic rings. The first-order valence-corrected chi connectivity index (χ1v) is 8.03. The maximum Gasteiger partial charge on any atom is 0.216 e. The summed E-state index contributed by atoms with van der Waals surface area (Å²) in [6, 6.07) is 10.7. The van der Waals surface area contributed by atoms with Gasteiger partial charge >= 0.3 is 0 Å². The average molecular weight is 302 g/mol. The monoisotopic (exact) mass is 302 g/mol. The Labute approximate surface area is 132 Å². The minimum absolute atomic E-state index is 0.00878. The van der Waals surface area contributed by atoms with Crippen molar-refractivity contribution in [1.29, 1.82) is 0 Å². The number of benzene rings is 1. The van der Waals surface area contributed by atoms with Gasteiger partial charge in [0.1, 0.15) is 0 Å². The summed E-state index contributed by atoms with van der Waals surface area (Å²) in [5.74, 6) is 1.51. The fourth-order valence-corrected chi connectivity index (χ4v) is 2.77. The molecule has 22 heavy (non-hydrogen) atoms. The first kappa shape index (κ1) is 16.3. The summed E-state index contributed by atoms with van der Waals surface area (Å²) < 4.78 is 0. The van der Waals surface area contributed by atoms with Crippen molar-refractivity contribution in [3.05, 3.63) is 35.9 Å². The number of aliphatic imine (C=N–C) groups is 1. The van der Waals surface area contributed by atoms with Gasteiger partial charge < -0.3 is 15.5 Å². The summed E-state index contributed by atoms with van der Waals surface area (Å²) in [6.07, 6.45) is 1.15. The number of carbonyl (C=O) groups excluding carboxylic acids is 1. The number of nitrogens with zero attached hydrogens (tertiary/aromatic N) is 2. The number of hydrogen-bond donors (Lipinski definition) is 2. The summed E-state index contributed by atoms with van der Waals surface area (Å²) >= 11 is 0. The van der Waals surface area contributed by atoms with Crippen molar-refractivity contribution in [2.45, 2.75) is 26.2 Å². The summed E-state index contributed by atoms with van der Waals surface area (Å²) in [5, 5.41) is 6.12. The lowest BCUT2D eigenvalue weighted by atomic mass is 9.99. The van der Waals surface area contributed by atoms with Crippen molar-refractivity contribution < 1.29 is 4.79 Å². The average Bonchev–Trinajstić information content (AvgIpc) is 3.01. The molecule has 0 saturated carbocycles. The molecule has 1 aliphatic rings. The molecule has 1 heterocycles. The Bertz CT molecular complexity index is 501. The minimum atomic E-state index is -0.00878. The molecule has 2 rings (SSSR count). The summed E-state index contributed by atoms with van der Waals surface area (Å²) in [7, 11) is 0. The van der Waals surface area contributed by atoms with E-state index in [9.17, 15) is 4.79 Å². The van der Waals surface area contributed by atoms with Gasteiger partial charge in [0.2, 0.25) is 5.91 Å². The molecule has 120 valence electrons. The van der Waals surface area contributed by atoms with Gasteiger partial charge in [-0.1, -0.05) is 30.3 Å². The van der Waals surface area contributed by atoms with Crippen molar-refractivity contribution in [2.24, 2.45) is 4.99 Å². The zero-order valence-electron chi connectivity index (χ0n) is 13.5. The molecule has 0 radical (unpaired) electrons. The fraction of sp³-hybridized carbons (Fsp3) is 0.529. The lowest BCUT2D eigenvalue weighted by Crippen LogP contribution is -2.40. The molecule has 1 atom stereocenters. The third-order valence-electron chi connectivity index (χ3n) is 3.84. The maximum atomic E-state index is 10.9. The second-order valence-electron chi connectivity index (χ2n) is 5.56. The van der Waals surface area contributed by atoms with E-state index in [0.717, 1.165) is 32.0 Å². The van der Waals surface area contributed by atoms with Crippen LogP contribution >= 0.6 is 0 Å². The topological polar surface area (TPSA) is 56.7 Å². The van der Waals surface area contributed by atoms with E-state index in [4.69, 9.17) is 0 Å². The Hall–Kier alpha value is -2.04. The quantitative estimate of drug-likeness (QED) is 0.493. The van der Waals surface area contributed by atoms with Crippen LogP contribution in [0.25, 0.3) is 0 Å². The van der Waals surface area contributed by atoms with Crippen molar-refractivity contribution in [3.63, 3.8) is 0 Å². The summed E-state index contributed by atoms with van der Waals surface area (Å²) in [5.41, 5.74) is 1.40. The molecule has 0 aliphatic carbocycles. The van der Waals surface area contributed by atoms with Crippen LogP contribution in [0.5, 0.6) is 0 Å². The van der Waals surface area contributed by atoms with Crippen LogP contribution in [0.15, 0.2) is 35.3 Å². The van der Waals surface area contributed by atoms with E-state index in [-0.39, 0.29) is 5.91 Å². The van der Waals surface area contributed by atoms with Gasteiger partial charge in [-0.3, -0.25) is 9.79 Å². The molecule has 0 spiro atoms. The second kappa shape index (κ2) is 8.41. The van der Waals surface area contributed by atoms with E-state index < -0.39 is 0 Å². The maximum absolute atomic E-state index is 10.9. The molecule has 1 saturated heterocycles. The zero-order valence-corrected chi connectivity index (χ0v) is 13.5. The van der Waals surface area contributed by atoms with E-state index in [0.29, 0.717) is 19.0 Å². The van der Waals surface area contributed by atoms with E-state index in [1.165, 1.54) is 12.5 Å². The normalized spacial score (nSPS) is 18.4. The lowest BCUT2D eigenvalue weighted by molar-refractivity contribution is -0.118. The highest BCUT2D eigenvalue weighted by atomic mass is 16.1. The number of carbonyl (C=O) groups is 1. The van der Waals surface area contributed by atoms with Crippen LogP contribution in [0.2, 0.25) is 0 Å². The molecule has 1 aromatic carbocycles. The highest BCUT2D eigenvalue weighted by molar-refractivity contribution is 5.80. The van der Waals surface area contributed by atoms with Gasteiger partial charge in [-0.15, -0.1) is 0 Å². The van der Waals surface area contributed by atoms with Gasteiger partial charge in [-0.05, 0) is 18.9 Å². The third kappa shape index (κ3) is 4.76. The molecule has 1 unspecified atom stereocenters. The van der Waals surface area contributed by atoms with Crippen LogP contribution in [-0.2, 0) is 4.79 Å². The van der Waals surface area contributed by atoms with Crippen LogP contribution in [0.1, 0.15) is 31.7 Å². The molecule has 0 aromatic heterocycles. The molecule has 5 heteroatoms. The van der Waals surface area contributed by atoms with Crippen LogP contribution in [0.3, 0.4) is 0 Å². The molecule has 0 bridgehead atoms. The standard InChI is InChI=1S/C17H26N4O/c1-3-18-17(20-11-10-19-14(2)22)21-12-9-16(13-21)15-7-5-4-6-8-15/h4-8,16H,3,9-13H2,1-2H3,(H,18,20)(H,19,22). The molecule has 2 N–H and O–H groups in total. The van der Waals surface area contributed by atoms with Gasteiger partial charge in [0.05, 0.1) is 6.54 Å². The Morgan fingerprint density at radius 1 is 1.32 bits per heavy atom. The number of nitrogens with one attached hydrogen (secondary N) is 2. The zero-order chi connectivity index (χ0) is 15.8. The van der Waals surface area contributed by atoms with Gasteiger partial charge in [0.15, 0.2) is 5.96 Å². The van der Waals surface area contributed by atoms with Gasteiger partial charge in [0.25, 0.3) is 0 Å². The highest BCUT2D eigenvalue weighted by Gasteiger charge is 2.25. The predicted molar refractivity (Wildman–Crippen MR) is 90.0 cm³/mol. The Kier molecular flexibility index (Phi) is 6.25. The van der Waals surface area contributed by atoms with E-state index in [2.05, 4.69) is 57.8 Å². The molecule has 1 fully saturated rings. The molecule has 1 amide bonds. The van der Waals surface area contributed by atoms with Gasteiger partial charge in [-0.2, -0.15) is 0 Å². The molecular weight excluding hydrogens is 276 g/mol. The summed E-state index contributed by atoms with van der Waals surface area (Å²) in [4.78, 5) is 17.8. The third-order valence-corrected chi connectivity index (χ3v) is 3.84. The van der Waals surface area contributed by atoms with E-state index in [1.807, 2.05) is 0 Å². The van der Waals surface area contributed by atoms with Gasteiger partial charge in [0, 0.05) is 39.0 Å². The molecular formula is C17H26N4O. The van der Waals surface area contributed by atoms with Crippen LogP contribution in [0, 0.1) is 0 Å². The highest BCUT2D eigenvalue weighted by Crippen LogP contribution is 2.26. The van der Waals surface area contributed by atoms with E-state index >= 15 is 0 Å². The first-order valence-electron chi connectivity index (χ1n) is 8.03. The second-order valence-corrected chi connectivity index (χ2v) is 5.56. The van der Waals surface area contributed by atoms with Crippen molar-refractivity contribution in [1.82, 2.24) is 15.5 Å². The molecule has 5 nitrogen and oxygen atoms in total. The number of amides is 1. The Balaban J connectivity index is 1.92. The predicted octanol–water partition coefficient (Wildman–Crippen LogP) is 1.58. The minimum Gasteiger partial charge on any atom is -0.357 e. The van der Waals surface area contributed by atoms with E-state index in [1.54, 1.807) is 0 Å². The van der Waals surface area contributed by atoms with Crippen LogP contribution < -0.4 is 10.6 Å². The van der Waals surface area contributed by atoms with Crippen molar-refractivity contribution in [3.8, 4) is 0 Å². The van der Waals surface area contributed by atoms with Crippen LogP contribution in [0.4, 0.5) is 0 Å². The number of hydrogen-bond acceptors (Lipinski definition) is 2. The smallest absolute Gasteiger partial charge is 0.216 e. The van der Waals surface area contributed by atoms with Crippen LogP contribution in [-0.4, -0.2) is 49.5 Å². The number of likely N-dealkylation sites (tertiary alicyclic amines) is 1. The lowest BCUT2D eigenvalue weighted by Gasteiger charge is -2.21. The number of rotatable bonds is 5. The summed E-state index contributed by atoms with van der Waals surface area (Å²) in [6.45, 7) is 7.66. The van der Waals surface area contributed by atoms with Crippen molar-refractivity contribution >= 4 is 11.9 Å². The fourth-order valence-electron chi connectivity index (χ4n) is 2.77. The number of guanidine groups is 1. The van der Waals surface area contributed by atoms with Crippen molar-refractivity contribution in [2.75, 3.05) is 32.7 Å². The SMILES string of the molecule is CCNC(=NCCNC(C)=O)N1CCC(c2ccccc2)C1. The molecule has 1 aliphatic heterocycles. The Morgan fingerprint density at radius 3 is 2.77 bits per heavy atom. The Morgan fingerprint density at radius 2 is 2.09 bits per heavy atom. The largest absolute Gasteiger partial charge is 0.357 e. The van der Waals surface area contributed by atoms with Gasteiger partial charge in [-0.25, -0.2) is 0 Å². The first-order chi connectivity index (χ1) is 10.7.